The van der Waals surface area contributed by atoms with E-state index in [4.69, 9.17) is 5.11 Å². The van der Waals surface area contributed by atoms with Gasteiger partial charge in [-0.25, -0.2) is 4.79 Å². The molecule has 2 atom stereocenters. The Balaban J connectivity index is -0.00000140. The van der Waals surface area contributed by atoms with Crippen molar-refractivity contribution in [3.63, 3.8) is 0 Å². The van der Waals surface area contributed by atoms with Crippen molar-refractivity contribution >= 4 is 43.7 Å². The number of hydrogen-bond donors (Lipinski definition) is 1. The Morgan fingerprint density at radius 1 is 0.581 bits per heavy atom. The molecule has 22 heteroatoms. The number of ether oxygens (including phenoxy) is 2. The molecule has 1 N–H and O–H groups in total. The third-order valence-electron chi connectivity index (χ3n) is 2.64. The molecule has 0 saturated heterocycles. The van der Waals surface area contributed by atoms with Crippen LogP contribution < -0.4 is 0 Å². The predicted octanol–water partition coefficient (Wildman–Crippen LogP) is 4.79. The van der Waals surface area contributed by atoms with E-state index in [2.05, 4.69) is 0 Å². The van der Waals surface area contributed by atoms with Crippen LogP contribution in [0.2, 0.25) is 0 Å². The first-order valence-corrected chi connectivity index (χ1v) is 5.96. The first-order valence-electron chi connectivity index (χ1n) is 5.96. The first kappa shape index (κ1) is 32.6. The van der Waals surface area contributed by atoms with Crippen molar-refractivity contribution in [1.82, 2.24) is 0 Å². The Morgan fingerprint density at radius 2 is 0.935 bits per heavy atom. The molecule has 0 aromatic heterocycles. The number of carbonyl (C=O) groups is 1. The van der Waals surface area contributed by atoms with Crippen molar-refractivity contribution in [2.75, 3.05) is 0 Å². The average molecular weight is 538 g/mol. The van der Waals surface area contributed by atoms with E-state index in [1.807, 2.05) is 0 Å². The quantitative estimate of drug-likeness (QED) is 0.375. The maximum atomic E-state index is 13.5. The van der Waals surface area contributed by atoms with Gasteiger partial charge in [0.2, 0.25) is 0 Å². The number of halogens is 17. The van der Waals surface area contributed by atoms with Gasteiger partial charge in [-0.2, -0.15) is 74.6 Å². The van der Waals surface area contributed by atoms with E-state index in [9.17, 15) is 79.4 Å². The summed E-state index contributed by atoms with van der Waals surface area (Å²) in [6, 6.07) is 0. The van der Waals surface area contributed by atoms with E-state index in [1.54, 1.807) is 0 Å². The van der Waals surface area contributed by atoms with Gasteiger partial charge in [0.25, 0.3) is 0 Å². The molecule has 0 aliphatic carbocycles. The largest absolute Gasteiger partial charge is 2.00 e. The molecule has 4 nitrogen and oxygen atoms in total. The fourth-order valence-electron chi connectivity index (χ4n) is 1.15. The molecule has 0 aromatic rings. The molecule has 0 amide bonds. The standard InChI is InChI=1S/C9HF17O4.Ca.2H/c10-2(1(27)28,5(14,15)16)29-9(25,26)4(13,7(20,21)22)30-8(23,24)3(11,12)6(17,18)19;;;/h(H,27,28);;;/q;+2;2*-1. The molecule has 0 bridgehead atoms. The zero-order chi connectivity index (χ0) is 25.0. The molecular weight excluding hydrogens is 535 g/mol. The van der Waals surface area contributed by atoms with Gasteiger partial charge in [0.15, 0.2) is 0 Å². The topological polar surface area (TPSA) is 55.8 Å². The van der Waals surface area contributed by atoms with E-state index in [0.29, 0.717) is 0 Å². The Bertz CT molecular complexity index is 664. The maximum absolute atomic E-state index is 13.5. The van der Waals surface area contributed by atoms with Crippen LogP contribution in [0.1, 0.15) is 2.85 Å². The van der Waals surface area contributed by atoms with Crippen LogP contribution >= 0.6 is 0 Å². The first-order chi connectivity index (χ1) is 12.6. The van der Waals surface area contributed by atoms with Crippen LogP contribution in [0, 0.1) is 0 Å². The zero-order valence-electron chi connectivity index (χ0n) is 15.3. The summed E-state index contributed by atoms with van der Waals surface area (Å²) >= 11 is 0. The van der Waals surface area contributed by atoms with Gasteiger partial charge in [-0.15, -0.1) is 0 Å². The Labute approximate surface area is 189 Å². The van der Waals surface area contributed by atoms with Gasteiger partial charge in [-0.1, -0.05) is 0 Å². The van der Waals surface area contributed by atoms with E-state index in [0.717, 1.165) is 0 Å². The van der Waals surface area contributed by atoms with Crippen LogP contribution in [0.25, 0.3) is 0 Å². The second-order valence-electron chi connectivity index (χ2n) is 4.80. The molecule has 31 heavy (non-hydrogen) atoms. The Hall–Kier alpha value is -0.540. The molecule has 0 aliphatic rings. The smallest absolute Gasteiger partial charge is 1.00 e. The summed E-state index contributed by atoms with van der Waals surface area (Å²) in [6.45, 7) is 0. The molecular formula is C9H3CaF17O4. The number of aliphatic carboxylic acids is 1. The SMILES string of the molecule is O=C(O)C(F)(OC(F)(F)C(F)(OC(F)(F)C(F)(F)C(F)(F)F)C(F)(F)F)C(F)(F)F.[Ca+2].[H-].[H-]. The number of hydrogen-bond acceptors (Lipinski definition) is 3. The van der Waals surface area contributed by atoms with Gasteiger partial charge >= 0.3 is 92.1 Å². The number of rotatable bonds is 7. The summed E-state index contributed by atoms with van der Waals surface area (Å²) in [6.07, 6.45) is -38.8. The monoisotopic (exact) mass is 538 g/mol. The molecule has 0 aromatic carbocycles. The second-order valence-corrected chi connectivity index (χ2v) is 4.80. The van der Waals surface area contributed by atoms with Crippen LogP contribution in [0.4, 0.5) is 74.6 Å². The molecule has 0 radical (unpaired) electrons. The van der Waals surface area contributed by atoms with E-state index in [-0.39, 0.29) is 40.6 Å². The van der Waals surface area contributed by atoms with Gasteiger partial charge in [0, 0.05) is 0 Å². The van der Waals surface area contributed by atoms with Crippen molar-refractivity contribution in [2.24, 2.45) is 0 Å². The summed E-state index contributed by atoms with van der Waals surface area (Å²) in [5, 5.41) is 7.85. The van der Waals surface area contributed by atoms with Gasteiger partial charge in [0.05, 0.1) is 0 Å². The minimum Gasteiger partial charge on any atom is -1.00 e. The van der Waals surface area contributed by atoms with Crippen molar-refractivity contribution < 1.29 is 96.9 Å². The predicted molar refractivity (Wildman–Crippen MR) is 58.5 cm³/mol. The zero-order valence-corrected chi connectivity index (χ0v) is 15.5. The third-order valence-corrected chi connectivity index (χ3v) is 2.64. The van der Waals surface area contributed by atoms with Crippen molar-refractivity contribution in [3.05, 3.63) is 0 Å². The van der Waals surface area contributed by atoms with Crippen LogP contribution in [0.3, 0.4) is 0 Å². The second kappa shape index (κ2) is 8.67. The molecule has 2 unspecified atom stereocenters. The minimum atomic E-state index is -8.09. The third kappa shape index (κ3) is 5.69. The summed E-state index contributed by atoms with van der Waals surface area (Å²) in [7, 11) is 0. The van der Waals surface area contributed by atoms with Gasteiger partial charge in [-0.05, 0) is 0 Å². The van der Waals surface area contributed by atoms with Gasteiger partial charge in [0.1, 0.15) is 0 Å². The number of alkyl halides is 17. The molecule has 0 fully saturated rings. The van der Waals surface area contributed by atoms with Gasteiger partial charge < -0.3 is 7.96 Å². The molecule has 0 aliphatic heterocycles. The van der Waals surface area contributed by atoms with E-state index >= 15 is 0 Å². The molecule has 0 rings (SSSR count). The van der Waals surface area contributed by atoms with Crippen LogP contribution in [0.15, 0.2) is 0 Å². The Morgan fingerprint density at radius 3 is 1.16 bits per heavy atom. The fraction of sp³-hybridized carbons (Fsp3) is 0.889. The van der Waals surface area contributed by atoms with Gasteiger partial charge in [-0.3, -0.25) is 9.47 Å². The Kier molecular flexibility index (Phi) is 9.13. The van der Waals surface area contributed by atoms with Crippen LogP contribution in [-0.2, 0) is 14.3 Å². The summed E-state index contributed by atoms with van der Waals surface area (Å²) in [5.74, 6) is -27.3. The molecule has 184 valence electrons. The van der Waals surface area contributed by atoms with E-state index < -0.39 is 54.3 Å². The van der Waals surface area contributed by atoms with E-state index in [1.165, 1.54) is 9.47 Å². The van der Waals surface area contributed by atoms with Crippen LogP contribution in [-0.4, -0.2) is 97.2 Å². The van der Waals surface area contributed by atoms with Crippen LogP contribution in [0.5, 0.6) is 0 Å². The summed E-state index contributed by atoms with van der Waals surface area (Å²) in [5.41, 5.74) is 0. The molecule has 0 heterocycles. The maximum Gasteiger partial charge on any atom is 2.00 e. The van der Waals surface area contributed by atoms with Crippen molar-refractivity contribution in [3.8, 4) is 0 Å². The average Bonchev–Trinajstić information content (AvgIpc) is 2.41. The van der Waals surface area contributed by atoms with Crippen molar-refractivity contribution in [1.29, 1.82) is 0 Å². The normalized spacial score (nSPS) is 18.6. The fourth-order valence-corrected chi connectivity index (χ4v) is 1.15. The number of carboxylic acids is 1. The minimum absolute atomic E-state index is 0. The van der Waals surface area contributed by atoms with Crippen molar-refractivity contribution in [2.45, 2.75) is 48.4 Å². The molecule has 0 spiro atoms. The summed E-state index contributed by atoms with van der Waals surface area (Å²) < 4.78 is 216. The number of carboxylic acid groups (broad SMARTS) is 1. The summed E-state index contributed by atoms with van der Waals surface area (Å²) in [4.78, 5) is 10.1. The molecule has 0 saturated carbocycles.